The fourth-order valence-electron chi connectivity index (χ4n) is 1.07. The van der Waals surface area contributed by atoms with E-state index in [9.17, 15) is 4.79 Å². The second-order valence-corrected chi connectivity index (χ2v) is 5.59. The molecule has 1 rings (SSSR count). The van der Waals surface area contributed by atoms with E-state index >= 15 is 0 Å². The van der Waals surface area contributed by atoms with Crippen molar-refractivity contribution in [2.45, 2.75) is 3.79 Å². The van der Waals surface area contributed by atoms with Gasteiger partial charge in [0.15, 0.2) is 0 Å². The Bertz CT molecular complexity index is 367. The lowest BCUT2D eigenvalue weighted by molar-refractivity contribution is 0.147. The van der Waals surface area contributed by atoms with E-state index in [1.165, 1.54) is 0 Å². The Morgan fingerprint density at radius 3 is 2.35 bits per heavy atom. The highest BCUT2D eigenvalue weighted by atomic mass is 35.6. The molecule has 0 saturated heterocycles. The number of aliphatic hydroxyl groups is 1. The topological polar surface area (TPSA) is 49.8 Å². The molecule has 0 fully saturated rings. The fraction of sp³-hybridized carbons (Fsp3) is 0.300. The molecule has 1 aromatic carbocycles. The summed E-state index contributed by atoms with van der Waals surface area (Å²) in [6.45, 7) is -0.914. The monoisotopic (exact) mass is 297 g/mol. The zero-order valence-corrected chi connectivity index (χ0v) is 10.9. The molecule has 0 aliphatic carbocycles. The molecular weight excluding hydrogens is 288 g/mol. The van der Waals surface area contributed by atoms with Gasteiger partial charge < -0.3 is 9.84 Å². The van der Waals surface area contributed by atoms with Gasteiger partial charge in [-0.2, -0.15) is 0 Å². The minimum Gasteiger partial charge on any atom is -0.445 e. The number of aliphatic hydroxyl groups excluding tert-OH is 1. The predicted molar refractivity (Wildman–Crippen MR) is 67.6 cm³/mol. The van der Waals surface area contributed by atoms with Gasteiger partial charge in [0.05, 0.1) is 0 Å². The number of benzene rings is 1. The molecule has 94 valence electrons. The van der Waals surface area contributed by atoms with Crippen molar-refractivity contribution in [2.24, 2.45) is 0 Å². The van der Waals surface area contributed by atoms with Crippen molar-refractivity contribution in [1.82, 2.24) is 0 Å². The summed E-state index contributed by atoms with van der Waals surface area (Å²) in [6.07, 6.45) is -0.787. The average Bonchev–Trinajstić information content (AvgIpc) is 2.28. The van der Waals surface area contributed by atoms with Crippen molar-refractivity contribution in [1.29, 1.82) is 0 Å². The summed E-state index contributed by atoms with van der Waals surface area (Å²) in [4.78, 5) is 12.6. The van der Waals surface area contributed by atoms with Crippen LogP contribution in [0.5, 0.6) is 0 Å². The zero-order valence-electron chi connectivity index (χ0n) is 8.65. The second kappa shape index (κ2) is 6.31. The Balaban J connectivity index is 2.66. The Hall–Kier alpha value is -0.680. The predicted octanol–water partition coefficient (Wildman–Crippen LogP) is 2.95. The maximum Gasteiger partial charge on any atom is 0.416 e. The minimum atomic E-state index is -1.67. The Labute approximate surface area is 114 Å². The van der Waals surface area contributed by atoms with Crippen LogP contribution in [-0.4, -0.2) is 28.3 Å². The molecule has 1 N–H and O–H groups in total. The number of hydrogen-bond donors (Lipinski definition) is 1. The lowest BCUT2D eigenvalue weighted by Crippen LogP contribution is -2.34. The zero-order chi connectivity index (χ0) is 12.9. The maximum absolute atomic E-state index is 11.6. The van der Waals surface area contributed by atoms with Crippen molar-refractivity contribution >= 4 is 46.6 Å². The molecule has 17 heavy (non-hydrogen) atoms. The molecule has 0 spiro atoms. The molecule has 0 aliphatic rings. The Morgan fingerprint density at radius 1 is 1.29 bits per heavy atom. The highest BCUT2D eigenvalue weighted by Gasteiger charge is 2.24. The summed E-state index contributed by atoms with van der Waals surface area (Å²) in [5.41, 5.74) is 0.490. The number of amides is 1. The van der Waals surface area contributed by atoms with Gasteiger partial charge in [-0.1, -0.05) is 53.0 Å². The number of hydrogen-bond acceptors (Lipinski definition) is 3. The largest absolute Gasteiger partial charge is 0.445 e. The molecule has 0 radical (unpaired) electrons. The van der Waals surface area contributed by atoms with Gasteiger partial charge in [0.2, 0.25) is 3.79 Å². The highest BCUT2D eigenvalue weighted by Crippen LogP contribution is 2.26. The van der Waals surface area contributed by atoms with E-state index in [-0.39, 0.29) is 6.61 Å². The Morgan fingerprint density at radius 2 is 1.88 bits per heavy atom. The normalized spacial score (nSPS) is 11.1. The number of rotatable bonds is 3. The van der Waals surface area contributed by atoms with E-state index in [4.69, 9.17) is 44.6 Å². The number of anilines is 1. The van der Waals surface area contributed by atoms with Crippen molar-refractivity contribution in [3.05, 3.63) is 30.3 Å². The quantitative estimate of drug-likeness (QED) is 0.689. The molecule has 0 heterocycles. The minimum absolute atomic E-state index is 0.389. The Kier molecular flexibility index (Phi) is 5.33. The summed E-state index contributed by atoms with van der Waals surface area (Å²) in [5, 5.41) is 9.11. The van der Waals surface area contributed by atoms with Crippen LogP contribution >= 0.6 is 34.8 Å². The van der Waals surface area contributed by atoms with Gasteiger partial charge in [0, 0.05) is 5.69 Å². The molecule has 0 saturated carbocycles. The van der Waals surface area contributed by atoms with Crippen molar-refractivity contribution in [3.8, 4) is 0 Å². The third-order valence-electron chi connectivity index (χ3n) is 1.79. The number of carbonyl (C=O) groups is 1. The average molecular weight is 299 g/mol. The van der Waals surface area contributed by atoms with Gasteiger partial charge in [0.25, 0.3) is 0 Å². The molecule has 0 aromatic heterocycles. The van der Waals surface area contributed by atoms with Crippen molar-refractivity contribution < 1.29 is 14.6 Å². The van der Waals surface area contributed by atoms with Gasteiger partial charge in [-0.05, 0) is 12.1 Å². The van der Waals surface area contributed by atoms with Gasteiger partial charge in [-0.3, -0.25) is 4.90 Å². The molecule has 4 nitrogen and oxygen atoms in total. The van der Waals surface area contributed by atoms with Gasteiger partial charge in [-0.25, -0.2) is 4.79 Å². The maximum atomic E-state index is 11.6. The van der Waals surface area contributed by atoms with Crippen LogP contribution in [0.1, 0.15) is 0 Å². The first-order valence-electron chi connectivity index (χ1n) is 4.61. The first kappa shape index (κ1) is 14.4. The van der Waals surface area contributed by atoms with Crippen molar-refractivity contribution in [3.63, 3.8) is 0 Å². The molecular formula is C10H10Cl3NO3. The number of carbonyl (C=O) groups excluding carboxylic acids is 1. The number of alkyl halides is 3. The first-order chi connectivity index (χ1) is 7.94. The van der Waals surface area contributed by atoms with Crippen molar-refractivity contribution in [2.75, 3.05) is 18.2 Å². The number of para-hydroxylation sites is 1. The first-order valence-corrected chi connectivity index (χ1v) is 5.74. The summed E-state index contributed by atoms with van der Waals surface area (Å²) in [5.74, 6) is 0. The molecule has 1 amide bonds. The van der Waals surface area contributed by atoms with Gasteiger partial charge >= 0.3 is 6.09 Å². The summed E-state index contributed by atoms with van der Waals surface area (Å²) in [6, 6.07) is 8.52. The standard InChI is InChI=1S/C10H10Cl3NO3/c11-10(12,13)6-17-9(16)14(7-15)8-4-2-1-3-5-8/h1-5,15H,6-7H2. The number of nitrogens with zero attached hydrogens (tertiary/aromatic N) is 1. The van der Waals surface area contributed by atoms with Crippen LogP contribution in [0.25, 0.3) is 0 Å². The summed E-state index contributed by atoms with van der Waals surface area (Å²) >= 11 is 16.3. The molecule has 0 atom stereocenters. The number of ether oxygens (including phenoxy) is 1. The highest BCUT2D eigenvalue weighted by molar-refractivity contribution is 6.67. The van der Waals surface area contributed by atoms with E-state index < -0.39 is 16.6 Å². The molecule has 0 unspecified atom stereocenters. The van der Waals surface area contributed by atoms with Crippen LogP contribution < -0.4 is 4.90 Å². The van der Waals surface area contributed by atoms with Crippen LogP contribution in [0.4, 0.5) is 10.5 Å². The van der Waals surface area contributed by atoms with Crippen LogP contribution in [0.15, 0.2) is 30.3 Å². The molecule has 0 bridgehead atoms. The fourth-order valence-corrected chi connectivity index (χ4v) is 1.24. The van der Waals surface area contributed by atoms with Crippen LogP contribution in [0, 0.1) is 0 Å². The van der Waals surface area contributed by atoms with E-state index in [1.54, 1.807) is 30.3 Å². The van der Waals surface area contributed by atoms with E-state index in [0.29, 0.717) is 5.69 Å². The van der Waals surface area contributed by atoms with Crippen LogP contribution in [0.3, 0.4) is 0 Å². The summed E-state index contributed by atoms with van der Waals surface area (Å²) < 4.78 is 3.07. The number of halogens is 3. The lowest BCUT2D eigenvalue weighted by Gasteiger charge is -2.20. The third kappa shape index (κ3) is 5.00. The third-order valence-corrected chi connectivity index (χ3v) is 2.12. The van der Waals surface area contributed by atoms with E-state index in [1.807, 2.05) is 0 Å². The van der Waals surface area contributed by atoms with E-state index in [2.05, 4.69) is 0 Å². The summed E-state index contributed by atoms with van der Waals surface area (Å²) in [7, 11) is 0. The molecule has 1 aromatic rings. The second-order valence-electron chi connectivity index (χ2n) is 3.07. The molecule has 7 heteroatoms. The van der Waals surface area contributed by atoms with Crippen LogP contribution in [0.2, 0.25) is 0 Å². The van der Waals surface area contributed by atoms with Crippen LogP contribution in [-0.2, 0) is 4.74 Å². The van der Waals surface area contributed by atoms with E-state index in [0.717, 1.165) is 4.90 Å². The van der Waals surface area contributed by atoms with Gasteiger partial charge in [-0.15, -0.1) is 0 Å². The smallest absolute Gasteiger partial charge is 0.416 e. The lowest BCUT2D eigenvalue weighted by atomic mass is 10.3. The molecule has 0 aliphatic heterocycles. The van der Waals surface area contributed by atoms with Gasteiger partial charge in [0.1, 0.15) is 13.3 Å². The SMILES string of the molecule is O=C(OCC(Cl)(Cl)Cl)N(CO)c1ccccc1.